The number of benzene rings is 1. The first-order valence-corrected chi connectivity index (χ1v) is 13.0. The number of aryl methyl sites for hydroxylation is 1. The van der Waals surface area contributed by atoms with E-state index in [0.29, 0.717) is 61.6 Å². The molecule has 1 fully saturated rings. The predicted octanol–water partition coefficient (Wildman–Crippen LogP) is 4.97. The smallest absolute Gasteiger partial charge is 0.416 e. The maximum atomic E-state index is 12.8. The molecule has 1 aliphatic rings. The number of amides is 1. The lowest BCUT2D eigenvalue weighted by Gasteiger charge is -2.35. The average Bonchev–Trinajstić information content (AvgIpc) is 3.39. The quantitative estimate of drug-likeness (QED) is 0.324. The van der Waals surface area contributed by atoms with E-state index in [1.165, 1.54) is 18.3 Å². The van der Waals surface area contributed by atoms with Crippen molar-refractivity contribution in [2.24, 2.45) is 0 Å². The van der Waals surface area contributed by atoms with E-state index in [4.69, 9.17) is 4.74 Å². The SMILES string of the molecule is CCOc1cc(-c2ccc(N3CCN(C(=O)CCc4ccc(C(F)(F)F)cc4)CC3)nc2)c2c(C#N)cnn2c1. The molecule has 8 nitrogen and oxygen atoms in total. The van der Waals surface area contributed by atoms with Crippen molar-refractivity contribution < 1.29 is 22.7 Å². The molecule has 5 rings (SSSR count). The maximum absolute atomic E-state index is 12.8. The maximum Gasteiger partial charge on any atom is 0.416 e. The molecule has 0 bridgehead atoms. The van der Waals surface area contributed by atoms with Crippen molar-refractivity contribution in [3.63, 3.8) is 0 Å². The number of hydrogen-bond acceptors (Lipinski definition) is 6. The number of alkyl halides is 3. The van der Waals surface area contributed by atoms with Crippen molar-refractivity contribution in [3.8, 4) is 22.9 Å². The lowest BCUT2D eigenvalue weighted by Crippen LogP contribution is -2.49. The molecule has 206 valence electrons. The van der Waals surface area contributed by atoms with Gasteiger partial charge in [-0.3, -0.25) is 4.79 Å². The molecule has 0 atom stereocenters. The number of pyridine rings is 2. The molecule has 11 heteroatoms. The van der Waals surface area contributed by atoms with Crippen LogP contribution in [0, 0.1) is 11.3 Å². The van der Waals surface area contributed by atoms with Crippen LogP contribution in [0.4, 0.5) is 19.0 Å². The largest absolute Gasteiger partial charge is 0.492 e. The van der Waals surface area contributed by atoms with E-state index in [1.54, 1.807) is 21.8 Å². The number of ether oxygens (including phenoxy) is 1. The third-order valence-electron chi connectivity index (χ3n) is 6.94. The highest BCUT2D eigenvalue weighted by Crippen LogP contribution is 2.32. The van der Waals surface area contributed by atoms with Crippen LogP contribution in [0.3, 0.4) is 0 Å². The summed E-state index contributed by atoms with van der Waals surface area (Å²) < 4.78 is 45.6. The monoisotopic (exact) mass is 548 g/mol. The van der Waals surface area contributed by atoms with Crippen LogP contribution in [0.1, 0.15) is 30.0 Å². The summed E-state index contributed by atoms with van der Waals surface area (Å²) in [5.74, 6) is 1.41. The minimum atomic E-state index is -4.37. The highest BCUT2D eigenvalue weighted by atomic mass is 19.4. The van der Waals surface area contributed by atoms with Gasteiger partial charge in [0.1, 0.15) is 17.6 Å². The first kappa shape index (κ1) is 27.0. The second-order valence-corrected chi connectivity index (χ2v) is 9.45. The zero-order valence-corrected chi connectivity index (χ0v) is 21.9. The second-order valence-electron chi connectivity index (χ2n) is 9.45. The number of hydrogen-bond donors (Lipinski definition) is 0. The van der Waals surface area contributed by atoms with Gasteiger partial charge in [0.25, 0.3) is 0 Å². The lowest BCUT2D eigenvalue weighted by atomic mass is 10.1. The highest BCUT2D eigenvalue weighted by Gasteiger charge is 2.30. The van der Waals surface area contributed by atoms with Crippen LogP contribution < -0.4 is 9.64 Å². The van der Waals surface area contributed by atoms with E-state index in [-0.39, 0.29) is 12.3 Å². The number of anilines is 1. The van der Waals surface area contributed by atoms with Gasteiger partial charge in [-0.15, -0.1) is 0 Å². The Morgan fingerprint density at radius 1 is 1.07 bits per heavy atom. The van der Waals surface area contributed by atoms with Gasteiger partial charge in [0.05, 0.1) is 35.6 Å². The molecule has 4 aromatic rings. The molecule has 0 spiro atoms. The Labute approximate surface area is 229 Å². The van der Waals surface area contributed by atoms with Crippen LogP contribution in [0.15, 0.2) is 61.1 Å². The van der Waals surface area contributed by atoms with Crippen LogP contribution in [-0.4, -0.2) is 58.2 Å². The molecule has 3 aromatic heterocycles. The number of fused-ring (bicyclic) bond motifs is 1. The van der Waals surface area contributed by atoms with Crippen LogP contribution in [0.25, 0.3) is 16.6 Å². The van der Waals surface area contributed by atoms with E-state index in [1.807, 2.05) is 25.1 Å². The van der Waals surface area contributed by atoms with Gasteiger partial charge in [-0.2, -0.15) is 23.5 Å². The molecule has 0 N–H and O–H groups in total. The molecule has 1 aliphatic heterocycles. The fraction of sp³-hybridized carbons (Fsp3) is 0.310. The van der Waals surface area contributed by atoms with Crippen LogP contribution in [0.5, 0.6) is 5.75 Å². The number of rotatable bonds is 7. The van der Waals surface area contributed by atoms with E-state index in [0.717, 1.165) is 29.1 Å². The predicted molar refractivity (Wildman–Crippen MR) is 143 cm³/mol. The highest BCUT2D eigenvalue weighted by molar-refractivity contribution is 5.85. The van der Waals surface area contributed by atoms with Crippen molar-refractivity contribution in [2.75, 3.05) is 37.7 Å². The van der Waals surface area contributed by atoms with Gasteiger partial charge in [-0.25, -0.2) is 9.50 Å². The summed E-state index contributed by atoms with van der Waals surface area (Å²) in [6.45, 7) is 4.70. The summed E-state index contributed by atoms with van der Waals surface area (Å²) in [5.41, 5.74) is 2.77. The minimum absolute atomic E-state index is 0.0184. The summed E-state index contributed by atoms with van der Waals surface area (Å²) in [5, 5.41) is 13.8. The summed E-state index contributed by atoms with van der Waals surface area (Å²) in [4.78, 5) is 21.3. The van der Waals surface area contributed by atoms with Gasteiger partial charge in [0.15, 0.2) is 0 Å². The topological polar surface area (TPSA) is 86.8 Å². The molecule has 0 saturated carbocycles. The molecule has 1 aromatic carbocycles. The summed E-state index contributed by atoms with van der Waals surface area (Å²) in [6, 6.07) is 12.9. The first-order valence-electron chi connectivity index (χ1n) is 13.0. The Morgan fingerprint density at radius 2 is 1.82 bits per heavy atom. The minimum Gasteiger partial charge on any atom is -0.492 e. The summed E-state index contributed by atoms with van der Waals surface area (Å²) >= 11 is 0. The number of halogens is 3. The zero-order valence-electron chi connectivity index (χ0n) is 21.9. The van der Waals surface area contributed by atoms with Gasteiger partial charge < -0.3 is 14.5 Å². The lowest BCUT2D eigenvalue weighted by molar-refractivity contribution is -0.137. The first-order chi connectivity index (χ1) is 19.3. The number of carbonyl (C=O) groups is 1. The van der Waals surface area contributed by atoms with Gasteiger partial charge in [0.2, 0.25) is 5.91 Å². The molecule has 0 aliphatic carbocycles. The molecule has 1 amide bonds. The standard InChI is InChI=1S/C29H27F3N6O2/c1-2-40-24-15-25(28-22(16-33)18-35-38(28)19-24)21-6-9-26(34-17-21)36-11-13-37(14-12-36)27(39)10-5-20-3-7-23(8-4-20)29(30,31)32/h3-4,6-9,15,17-19H,2,5,10-14H2,1H3. The van der Waals surface area contributed by atoms with Crippen LogP contribution in [-0.2, 0) is 17.4 Å². The normalized spacial score (nSPS) is 13.9. The molecule has 0 unspecified atom stereocenters. The van der Waals surface area contributed by atoms with Crippen LogP contribution >= 0.6 is 0 Å². The van der Waals surface area contributed by atoms with E-state index in [2.05, 4.69) is 21.1 Å². The van der Waals surface area contributed by atoms with Gasteiger partial charge in [0, 0.05) is 49.9 Å². The van der Waals surface area contributed by atoms with Crippen molar-refractivity contribution in [2.45, 2.75) is 25.9 Å². The van der Waals surface area contributed by atoms with E-state index in [9.17, 15) is 23.2 Å². The second kappa shape index (κ2) is 11.3. The van der Waals surface area contributed by atoms with Gasteiger partial charge in [-0.05, 0) is 49.2 Å². The van der Waals surface area contributed by atoms with E-state index < -0.39 is 11.7 Å². The summed E-state index contributed by atoms with van der Waals surface area (Å²) in [7, 11) is 0. The van der Waals surface area contributed by atoms with Crippen molar-refractivity contribution in [1.82, 2.24) is 19.5 Å². The molecule has 4 heterocycles. The van der Waals surface area contributed by atoms with Crippen molar-refractivity contribution >= 4 is 17.2 Å². The molecular formula is C29H27F3N6O2. The molecule has 40 heavy (non-hydrogen) atoms. The Hall–Kier alpha value is -4.59. The molecule has 1 saturated heterocycles. The number of nitrogens with zero attached hydrogens (tertiary/aromatic N) is 6. The molecular weight excluding hydrogens is 521 g/mol. The Morgan fingerprint density at radius 3 is 2.45 bits per heavy atom. The fourth-order valence-corrected chi connectivity index (χ4v) is 4.83. The van der Waals surface area contributed by atoms with Crippen LogP contribution in [0.2, 0.25) is 0 Å². The fourth-order valence-electron chi connectivity index (χ4n) is 4.83. The number of aromatic nitrogens is 3. The average molecular weight is 549 g/mol. The van der Waals surface area contributed by atoms with Crippen molar-refractivity contribution in [3.05, 3.63) is 77.7 Å². The van der Waals surface area contributed by atoms with E-state index >= 15 is 0 Å². The Kier molecular flexibility index (Phi) is 7.60. The third kappa shape index (κ3) is 5.71. The van der Waals surface area contributed by atoms with Crippen molar-refractivity contribution in [1.29, 1.82) is 5.26 Å². The Balaban J connectivity index is 1.21. The number of carbonyl (C=O) groups excluding carboxylic acids is 1. The van der Waals surface area contributed by atoms with Gasteiger partial charge >= 0.3 is 6.18 Å². The molecule has 0 radical (unpaired) electrons. The third-order valence-corrected chi connectivity index (χ3v) is 6.94. The zero-order chi connectivity index (χ0) is 28.3. The number of nitriles is 1. The number of piperazine rings is 1. The Bertz CT molecular complexity index is 1530. The summed E-state index contributed by atoms with van der Waals surface area (Å²) in [6.07, 6.45) is 1.30. The van der Waals surface area contributed by atoms with Gasteiger partial charge in [-0.1, -0.05) is 12.1 Å².